The summed E-state index contributed by atoms with van der Waals surface area (Å²) < 4.78 is 16.5. The standard InChI is InChI=1S/C21H25N3O4/c1-3-24(4-2)21(25)18-13-6-5-12(9-13)17(18)20-22-19(23-28-20)14-7-8-15-16(10-14)27-11-26-15/h7-8,10,12-13,17-18H,3-6,9,11H2,1-2H3/t12-,13+,17+,18+/m1/s1. The van der Waals surface area contributed by atoms with Gasteiger partial charge in [0.2, 0.25) is 24.4 Å². The van der Waals surface area contributed by atoms with Crippen LogP contribution in [0.4, 0.5) is 0 Å². The van der Waals surface area contributed by atoms with Crippen molar-refractivity contribution in [2.45, 2.75) is 39.0 Å². The Bertz CT molecular complexity index is 892. The summed E-state index contributed by atoms with van der Waals surface area (Å²) >= 11 is 0. The molecule has 4 atom stereocenters. The lowest BCUT2D eigenvalue weighted by molar-refractivity contribution is -0.137. The van der Waals surface area contributed by atoms with Crippen molar-refractivity contribution in [3.8, 4) is 22.9 Å². The Morgan fingerprint density at radius 3 is 2.75 bits per heavy atom. The quantitative estimate of drug-likeness (QED) is 0.787. The van der Waals surface area contributed by atoms with Gasteiger partial charge in [0.1, 0.15) is 0 Å². The van der Waals surface area contributed by atoms with Crippen LogP contribution < -0.4 is 9.47 Å². The van der Waals surface area contributed by atoms with Gasteiger partial charge in [0.05, 0.1) is 11.8 Å². The molecule has 2 aliphatic carbocycles. The van der Waals surface area contributed by atoms with Gasteiger partial charge in [0.15, 0.2) is 11.5 Å². The number of carbonyl (C=O) groups excluding carboxylic acids is 1. The maximum absolute atomic E-state index is 13.2. The first-order valence-corrected chi connectivity index (χ1v) is 10.2. The van der Waals surface area contributed by atoms with Crippen LogP contribution in [0.1, 0.15) is 44.9 Å². The fourth-order valence-corrected chi connectivity index (χ4v) is 5.27. The van der Waals surface area contributed by atoms with E-state index in [4.69, 9.17) is 19.0 Å². The Hall–Kier alpha value is -2.57. The molecule has 0 N–H and O–H groups in total. The van der Waals surface area contributed by atoms with E-state index in [0.717, 1.165) is 43.7 Å². The van der Waals surface area contributed by atoms with Crippen molar-refractivity contribution >= 4 is 5.91 Å². The fourth-order valence-electron chi connectivity index (χ4n) is 5.27. The molecule has 1 amide bonds. The second-order valence-electron chi connectivity index (χ2n) is 7.92. The molecule has 7 nitrogen and oxygen atoms in total. The average Bonchev–Trinajstić information content (AvgIpc) is 3.51. The summed E-state index contributed by atoms with van der Waals surface area (Å²) in [6.45, 7) is 5.78. The van der Waals surface area contributed by atoms with Crippen LogP contribution in [0.25, 0.3) is 11.4 Å². The molecule has 2 heterocycles. The molecule has 1 aliphatic heterocycles. The van der Waals surface area contributed by atoms with Gasteiger partial charge in [0.25, 0.3) is 0 Å². The van der Waals surface area contributed by atoms with Crippen LogP contribution in [-0.4, -0.2) is 40.8 Å². The summed E-state index contributed by atoms with van der Waals surface area (Å²) in [5, 5.41) is 4.21. The largest absolute Gasteiger partial charge is 0.454 e. The van der Waals surface area contributed by atoms with Gasteiger partial charge in [-0.3, -0.25) is 4.79 Å². The maximum Gasteiger partial charge on any atom is 0.231 e. The fraction of sp³-hybridized carbons (Fsp3) is 0.571. The molecule has 7 heteroatoms. The SMILES string of the molecule is CCN(CC)C(=O)[C@H]1[C@H]2CC[C@H](C2)[C@@H]1c1nc(-c2ccc3c(c2)OCO3)no1. The number of fused-ring (bicyclic) bond motifs is 3. The highest BCUT2D eigenvalue weighted by Crippen LogP contribution is 2.57. The highest BCUT2D eigenvalue weighted by atomic mass is 16.7. The van der Waals surface area contributed by atoms with Gasteiger partial charge < -0.3 is 18.9 Å². The Balaban J connectivity index is 1.44. The van der Waals surface area contributed by atoms with Crippen LogP contribution in [0.3, 0.4) is 0 Å². The monoisotopic (exact) mass is 383 g/mol. The van der Waals surface area contributed by atoms with Crippen LogP contribution in [0.2, 0.25) is 0 Å². The summed E-state index contributed by atoms with van der Waals surface area (Å²) in [5.74, 6) is 3.68. The number of aromatic nitrogens is 2. The molecule has 1 aromatic carbocycles. The van der Waals surface area contributed by atoms with Crippen LogP contribution in [-0.2, 0) is 4.79 Å². The zero-order chi connectivity index (χ0) is 19.3. The molecule has 0 radical (unpaired) electrons. The molecule has 1 aromatic heterocycles. The van der Waals surface area contributed by atoms with Crippen molar-refractivity contribution in [1.29, 1.82) is 0 Å². The minimum atomic E-state index is -0.0382. The minimum absolute atomic E-state index is 0.0297. The van der Waals surface area contributed by atoms with Gasteiger partial charge in [0, 0.05) is 18.7 Å². The third-order valence-corrected chi connectivity index (χ3v) is 6.63. The highest BCUT2D eigenvalue weighted by Gasteiger charge is 2.54. The van der Waals surface area contributed by atoms with Gasteiger partial charge in [-0.1, -0.05) is 5.16 Å². The Morgan fingerprint density at radius 2 is 1.93 bits per heavy atom. The van der Waals surface area contributed by atoms with Crippen molar-refractivity contribution in [3.63, 3.8) is 0 Å². The maximum atomic E-state index is 13.2. The summed E-state index contributed by atoms with van der Waals surface area (Å²) in [6, 6.07) is 5.63. The van der Waals surface area contributed by atoms with Crippen molar-refractivity contribution in [2.24, 2.45) is 17.8 Å². The molecule has 2 saturated carbocycles. The van der Waals surface area contributed by atoms with E-state index in [1.165, 1.54) is 0 Å². The summed E-state index contributed by atoms with van der Waals surface area (Å²) in [6.07, 6.45) is 3.35. The molecule has 2 bridgehead atoms. The zero-order valence-corrected chi connectivity index (χ0v) is 16.3. The number of hydrogen-bond acceptors (Lipinski definition) is 6. The second kappa shape index (κ2) is 6.79. The van der Waals surface area contributed by atoms with Crippen molar-refractivity contribution in [1.82, 2.24) is 15.0 Å². The van der Waals surface area contributed by atoms with Crippen molar-refractivity contribution in [3.05, 3.63) is 24.1 Å². The first-order chi connectivity index (χ1) is 13.7. The van der Waals surface area contributed by atoms with Crippen LogP contribution in [0.5, 0.6) is 11.5 Å². The topological polar surface area (TPSA) is 77.7 Å². The van der Waals surface area contributed by atoms with E-state index >= 15 is 0 Å². The molecule has 2 fully saturated rings. The third kappa shape index (κ3) is 2.67. The van der Waals surface area contributed by atoms with E-state index in [1.54, 1.807) is 0 Å². The second-order valence-corrected chi connectivity index (χ2v) is 7.92. The van der Waals surface area contributed by atoms with Crippen LogP contribution in [0, 0.1) is 17.8 Å². The summed E-state index contributed by atoms with van der Waals surface area (Å²) in [5.41, 5.74) is 0.828. The summed E-state index contributed by atoms with van der Waals surface area (Å²) in [4.78, 5) is 19.8. The number of rotatable bonds is 5. The van der Waals surface area contributed by atoms with Crippen LogP contribution >= 0.6 is 0 Å². The normalized spacial score (nSPS) is 27.4. The van der Waals surface area contributed by atoms with E-state index in [-0.39, 0.29) is 24.5 Å². The first kappa shape index (κ1) is 17.5. The highest BCUT2D eigenvalue weighted by molar-refractivity contribution is 5.80. The minimum Gasteiger partial charge on any atom is -0.454 e. The number of amides is 1. The molecular weight excluding hydrogens is 358 g/mol. The third-order valence-electron chi connectivity index (χ3n) is 6.63. The van der Waals surface area contributed by atoms with Gasteiger partial charge in [-0.15, -0.1) is 0 Å². The number of benzene rings is 1. The molecule has 0 spiro atoms. The lowest BCUT2D eigenvalue weighted by Gasteiger charge is -2.31. The predicted molar refractivity (Wildman–Crippen MR) is 101 cm³/mol. The predicted octanol–water partition coefficient (Wildman–Crippen LogP) is 3.46. The smallest absolute Gasteiger partial charge is 0.231 e. The van der Waals surface area contributed by atoms with Crippen molar-refractivity contribution < 1.29 is 18.8 Å². The van der Waals surface area contributed by atoms with Gasteiger partial charge >= 0.3 is 0 Å². The number of hydrogen-bond donors (Lipinski definition) is 0. The van der Waals surface area contributed by atoms with Gasteiger partial charge in [-0.25, -0.2) is 0 Å². The van der Waals surface area contributed by atoms with E-state index in [9.17, 15) is 4.79 Å². The molecular formula is C21H25N3O4. The summed E-state index contributed by atoms with van der Waals surface area (Å²) in [7, 11) is 0. The molecule has 0 unspecified atom stereocenters. The lowest BCUT2D eigenvalue weighted by atomic mass is 9.78. The molecule has 148 valence electrons. The average molecular weight is 383 g/mol. The first-order valence-electron chi connectivity index (χ1n) is 10.2. The molecule has 0 saturated heterocycles. The Morgan fingerprint density at radius 1 is 1.14 bits per heavy atom. The van der Waals surface area contributed by atoms with E-state index in [2.05, 4.69) is 5.16 Å². The number of ether oxygens (including phenoxy) is 2. The lowest BCUT2D eigenvalue weighted by Crippen LogP contribution is -2.40. The van der Waals surface area contributed by atoms with Crippen molar-refractivity contribution in [2.75, 3.05) is 19.9 Å². The van der Waals surface area contributed by atoms with Crippen LogP contribution in [0.15, 0.2) is 22.7 Å². The van der Waals surface area contributed by atoms with E-state index in [1.807, 2.05) is 36.9 Å². The molecule has 2 aromatic rings. The Labute approximate surface area is 164 Å². The van der Waals surface area contributed by atoms with E-state index < -0.39 is 0 Å². The molecule has 28 heavy (non-hydrogen) atoms. The Kier molecular flexibility index (Phi) is 4.25. The number of carbonyl (C=O) groups is 1. The van der Waals surface area contributed by atoms with E-state index in [0.29, 0.717) is 29.3 Å². The number of nitrogens with zero attached hydrogens (tertiary/aromatic N) is 3. The molecule has 5 rings (SSSR count). The molecule has 3 aliphatic rings. The van der Waals surface area contributed by atoms with Gasteiger partial charge in [-0.2, -0.15) is 4.98 Å². The zero-order valence-electron chi connectivity index (χ0n) is 16.3. The van der Waals surface area contributed by atoms with Gasteiger partial charge in [-0.05, 0) is 63.1 Å².